The van der Waals surface area contributed by atoms with E-state index in [4.69, 9.17) is 27.9 Å². The summed E-state index contributed by atoms with van der Waals surface area (Å²) in [6.45, 7) is 0. The van der Waals surface area contributed by atoms with Crippen LogP contribution in [0.3, 0.4) is 0 Å². The van der Waals surface area contributed by atoms with Gasteiger partial charge in [0.2, 0.25) is 0 Å². The molecule has 0 unspecified atom stereocenters. The number of nitrogens with one attached hydrogen (secondary N) is 1. The molecule has 30 heavy (non-hydrogen) atoms. The van der Waals surface area contributed by atoms with Crippen molar-refractivity contribution in [3.63, 3.8) is 0 Å². The Morgan fingerprint density at radius 1 is 0.900 bits per heavy atom. The van der Waals surface area contributed by atoms with Crippen LogP contribution in [0, 0.1) is 0 Å². The molecule has 0 fully saturated rings. The van der Waals surface area contributed by atoms with Crippen molar-refractivity contribution in [1.82, 2.24) is 0 Å². The summed E-state index contributed by atoms with van der Waals surface area (Å²) in [4.78, 5) is 39.1. The molecule has 0 bridgehead atoms. The lowest BCUT2D eigenvalue weighted by molar-refractivity contribution is 0.0925. The number of hydrogen-bond donors (Lipinski definition) is 1. The van der Waals surface area contributed by atoms with Gasteiger partial charge in [-0.25, -0.2) is 4.90 Å². The zero-order chi connectivity index (χ0) is 21.4. The van der Waals surface area contributed by atoms with Gasteiger partial charge in [0.15, 0.2) is 5.75 Å². The number of carbonyl (C=O) groups is 3. The first kappa shape index (κ1) is 19.9. The zero-order valence-electron chi connectivity index (χ0n) is 15.6. The van der Waals surface area contributed by atoms with Crippen molar-refractivity contribution in [2.24, 2.45) is 0 Å². The third-order valence-corrected chi connectivity index (χ3v) is 5.18. The van der Waals surface area contributed by atoms with Gasteiger partial charge in [-0.1, -0.05) is 41.4 Å². The van der Waals surface area contributed by atoms with Crippen LogP contribution in [0.5, 0.6) is 5.75 Å². The second kappa shape index (κ2) is 7.82. The summed E-state index contributed by atoms with van der Waals surface area (Å²) < 4.78 is 5.08. The second-order valence-corrected chi connectivity index (χ2v) is 7.28. The first-order valence-corrected chi connectivity index (χ1v) is 9.58. The van der Waals surface area contributed by atoms with Crippen LogP contribution in [0.1, 0.15) is 31.1 Å². The molecule has 0 aliphatic carbocycles. The fourth-order valence-electron chi connectivity index (χ4n) is 3.24. The average molecular weight is 441 g/mol. The van der Waals surface area contributed by atoms with Crippen LogP contribution in [0.15, 0.2) is 60.7 Å². The summed E-state index contributed by atoms with van der Waals surface area (Å²) >= 11 is 12.2. The number of imide groups is 1. The summed E-state index contributed by atoms with van der Waals surface area (Å²) in [5.74, 6) is -0.996. The lowest BCUT2D eigenvalue weighted by Crippen LogP contribution is -2.29. The number of methoxy groups -OCH3 is 1. The third kappa shape index (κ3) is 3.40. The number of benzene rings is 3. The van der Waals surface area contributed by atoms with E-state index >= 15 is 0 Å². The molecule has 8 heteroatoms. The van der Waals surface area contributed by atoms with Gasteiger partial charge in [-0.2, -0.15) is 0 Å². The fraction of sp³-hybridized carbons (Fsp3) is 0.0455. The van der Waals surface area contributed by atoms with Crippen LogP contribution in [-0.2, 0) is 0 Å². The van der Waals surface area contributed by atoms with Gasteiger partial charge in [0.25, 0.3) is 17.7 Å². The van der Waals surface area contributed by atoms with Gasteiger partial charge in [-0.05, 0) is 42.5 Å². The molecule has 3 aromatic rings. The number of anilines is 2. The van der Waals surface area contributed by atoms with Gasteiger partial charge in [0, 0.05) is 11.3 Å². The zero-order valence-corrected chi connectivity index (χ0v) is 17.1. The lowest BCUT2D eigenvalue weighted by atomic mass is 10.1. The molecule has 150 valence electrons. The van der Waals surface area contributed by atoms with Crippen molar-refractivity contribution >= 4 is 52.3 Å². The minimum absolute atomic E-state index is 0.204. The molecule has 0 saturated heterocycles. The van der Waals surface area contributed by atoms with Crippen LogP contribution in [0.2, 0.25) is 10.0 Å². The van der Waals surface area contributed by atoms with Crippen LogP contribution in [0.25, 0.3) is 0 Å². The van der Waals surface area contributed by atoms with Gasteiger partial charge in [-0.15, -0.1) is 0 Å². The Morgan fingerprint density at radius 2 is 1.50 bits per heavy atom. The van der Waals surface area contributed by atoms with Crippen molar-refractivity contribution in [3.8, 4) is 5.75 Å². The highest BCUT2D eigenvalue weighted by Gasteiger charge is 2.36. The number of amides is 3. The second-order valence-electron chi connectivity index (χ2n) is 6.47. The van der Waals surface area contributed by atoms with Crippen molar-refractivity contribution < 1.29 is 19.1 Å². The Hall–Kier alpha value is -3.35. The number of hydrogen-bond acceptors (Lipinski definition) is 4. The van der Waals surface area contributed by atoms with Gasteiger partial charge >= 0.3 is 0 Å². The quantitative estimate of drug-likeness (QED) is 0.575. The molecule has 1 N–H and O–H groups in total. The monoisotopic (exact) mass is 440 g/mol. The molecule has 0 spiro atoms. The molecule has 1 aliphatic rings. The summed E-state index contributed by atoms with van der Waals surface area (Å²) in [5, 5.41) is 3.13. The molecule has 0 radical (unpaired) electrons. The predicted molar refractivity (Wildman–Crippen MR) is 115 cm³/mol. The Labute approximate surface area is 182 Å². The minimum atomic E-state index is -0.457. The summed E-state index contributed by atoms with van der Waals surface area (Å²) in [6.07, 6.45) is 0. The summed E-state index contributed by atoms with van der Waals surface area (Å²) in [6, 6.07) is 16.0. The molecular formula is C22H14Cl2N2O4. The van der Waals surface area contributed by atoms with Gasteiger partial charge in [0.05, 0.1) is 34.0 Å². The predicted octanol–water partition coefficient (Wildman–Crippen LogP) is 5.05. The summed E-state index contributed by atoms with van der Waals surface area (Å²) in [5.41, 5.74) is 1.68. The van der Waals surface area contributed by atoms with Gasteiger partial charge in [-0.3, -0.25) is 14.4 Å². The molecule has 4 rings (SSSR count). The van der Waals surface area contributed by atoms with Crippen molar-refractivity contribution in [2.45, 2.75) is 0 Å². The highest BCUT2D eigenvalue weighted by atomic mass is 35.5. The normalized spacial score (nSPS) is 12.7. The number of fused-ring (bicyclic) bond motifs is 1. The summed E-state index contributed by atoms with van der Waals surface area (Å²) in [7, 11) is 1.43. The van der Waals surface area contributed by atoms with E-state index in [1.165, 1.54) is 19.2 Å². The SMILES string of the molecule is COc1c(Cl)cc(C(=O)Nc2cccc(N3C(=O)c4ccccc4C3=O)c2)cc1Cl. The number of halogens is 2. The largest absolute Gasteiger partial charge is 0.494 e. The highest BCUT2D eigenvalue weighted by molar-refractivity contribution is 6.38. The Morgan fingerprint density at radius 3 is 2.07 bits per heavy atom. The van der Waals surface area contributed by atoms with Crippen LogP contribution >= 0.6 is 23.2 Å². The maximum Gasteiger partial charge on any atom is 0.266 e. The van der Waals surface area contributed by atoms with Crippen molar-refractivity contribution in [1.29, 1.82) is 0 Å². The van der Waals surface area contributed by atoms with Crippen LogP contribution < -0.4 is 15.0 Å². The minimum Gasteiger partial charge on any atom is -0.494 e. The van der Waals surface area contributed by atoms with E-state index < -0.39 is 17.7 Å². The van der Waals surface area contributed by atoms with Crippen molar-refractivity contribution in [2.75, 3.05) is 17.3 Å². The first-order valence-electron chi connectivity index (χ1n) is 8.83. The molecule has 0 aromatic heterocycles. The van der Waals surface area contributed by atoms with E-state index in [2.05, 4.69) is 5.32 Å². The number of rotatable bonds is 4. The Kier molecular flexibility index (Phi) is 5.20. The van der Waals surface area contributed by atoms with Gasteiger partial charge < -0.3 is 10.1 Å². The number of nitrogens with zero attached hydrogens (tertiary/aromatic N) is 1. The van der Waals surface area contributed by atoms with E-state index in [1.807, 2.05) is 0 Å². The van der Waals surface area contributed by atoms with Gasteiger partial charge in [0.1, 0.15) is 0 Å². The van der Waals surface area contributed by atoms with E-state index in [9.17, 15) is 14.4 Å². The maximum absolute atomic E-state index is 12.7. The topological polar surface area (TPSA) is 75.7 Å². The highest BCUT2D eigenvalue weighted by Crippen LogP contribution is 2.34. The van der Waals surface area contributed by atoms with Crippen molar-refractivity contribution in [3.05, 3.63) is 87.4 Å². The molecule has 3 aromatic carbocycles. The first-order chi connectivity index (χ1) is 14.4. The number of carbonyl (C=O) groups excluding carboxylic acids is 3. The van der Waals surface area contributed by atoms with E-state index in [0.29, 0.717) is 22.5 Å². The van der Waals surface area contributed by atoms with Crippen LogP contribution in [-0.4, -0.2) is 24.8 Å². The molecule has 1 heterocycles. The molecule has 1 aliphatic heterocycles. The molecular weight excluding hydrogens is 427 g/mol. The van der Waals surface area contributed by atoms with E-state index in [-0.39, 0.29) is 21.4 Å². The Bertz CT molecular complexity index is 1150. The lowest BCUT2D eigenvalue weighted by Gasteiger charge is -2.15. The Balaban J connectivity index is 1.60. The smallest absolute Gasteiger partial charge is 0.266 e. The molecule has 3 amide bonds. The average Bonchev–Trinajstić information content (AvgIpc) is 2.98. The van der Waals surface area contributed by atoms with E-state index in [0.717, 1.165) is 4.90 Å². The maximum atomic E-state index is 12.7. The number of ether oxygens (including phenoxy) is 1. The molecule has 0 atom stereocenters. The van der Waals surface area contributed by atoms with E-state index in [1.54, 1.807) is 48.5 Å². The third-order valence-electron chi connectivity index (χ3n) is 4.62. The van der Waals surface area contributed by atoms with Crippen LogP contribution in [0.4, 0.5) is 11.4 Å². The molecule has 6 nitrogen and oxygen atoms in total. The fourth-order valence-corrected chi connectivity index (χ4v) is 3.88. The molecule has 0 saturated carbocycles. The standard InChI is InChI=1S/C22H14Cl2N2O4/c1-30-19-17(23)9-12(10-18(19)24)20(27)25-13-5-4-6-14(11-13)26-21(28)15-7-2-3-8-16(15)22(26)29/h2-11H,1H3,(H,25,27).